The number of esters is 1. The molecule has 5 rings (SSSR count). The normalized spacial score (nSPS) is 11.8. The number of nitrogens with one attached hydrogen (secondary N) is 1. The van der Waals surface area contributed by atoms with E-state index in [-0.39, 0.29) is 5.69 Å². The number of fused-ring (bicyclic) bond motifs is 1. The Morgan fingerprint density at radius 2 is 1.69 bits per heavy atom. The number of aliphatic hydroxyl groups is 1. The summed E-state index contributed by atoms with van der Waals surface area (Å²) >= 11 is 0. The first-order chi connectivity index (χ1) is 17.1. The molecule has 174 valence electrons. The van der Waals surface area contributed by atoms with Gasteiger partial charge in [0, 0.05) is 22.5 Å². The zero-order valence-corrected chi connectivity index (χ0v) is 19.1. The van der Waals surface area contributed by atoms with Crippen LogP contribution >= 0.6 is 0 Å². The number of aliphatic hydroxyl groups excluding tert-OH is 1. The monoisotopic (exact) mass is 464 g/mol. The fourth-order valence-corrected chi connectivity index (χ4v) is 4.12. The van der Waals surface area contributed by atoms with Crippen molar-refractivity contribution in [2.45, 2.75) is 12.7 Å². The summed E-state index contributed by atoms with van der Waals surface area (Å²) < 4.78 is 10.8. The molecule has 0 spiro atoms. The second-order valence-corrected chi connectivity index (χ2v) is 8.10. The Labute approximate surface area is 202 Å². The first-order valence-corrected chi connectivity index (χ1v) is 11.2. The lowest BCUT2D eigenvalue weighted by Gasteiger charge is -2.14. The van der Waals surface area contributed by atoms with Gasteiger partial charge in [0.1, 0.15) is 24.2 Å². The number of ether oxygens (including phenoxy) is 2. The fraction of sp³-hybridized carbons (Fsp3) is 0.103. The van der Waals surface area contributed by atoms with Gasteiger partial charge in [-0.15, -0.1) is 0 Å². The van der Waals surface area contributed by atoms with Crippen LogP contribution in [0.15, 0.2) is 97.1 Å². The number of carbonyl (C=O) groups excluding carboxylic acids is 1. The number of hydrogen-bond donors (Lipinski definition) is 2. The third-order valence-electron chi connectivity index (χ3n) is 5.84. The third-order valence-corrected chi connectivity index (χ3v) is 5.84. The van der Waals surface area contributed by atoms with E-state index in [1.165, 1.54) is 7.11 Å². The van der Waals surface area contributed by atoms with Gasteiger partial charge in [-0.3, -0.25) is 0 Å². The number of pyridine rings is 1. The Kier molecular flexibility index (Phi) is 6.28. The number of methoxy groups -OCH3 is 1. The second kappa shape index (κ2) is 9.83. The van der Waals surface area contributed by atoms with Gasteiger partial charge in [-0.1, -0.05) is 66.7 Å². The molecule has 2 aromatic heterocycles. The zero-order valence-electron chi connectivity index (χ0n) is 19.1. The van der Waals surface area contributed by atoms with E-state index in [2.05, 4.69) is 9.97 Å². The highest BCUT2D eigenvalue weighted by atomic mass is 16.5. The minimum Gasteiger partial charge on any atom is -0.489 e. The van der Waals surface area contributed by atoms with Crippen LogP contribution < -0.4 is 4.74 Å². The lowest BCUT2D eigenvalue weighted by molar-refractivity contribution is 0.0593. The molecule has 0 bridgehead atoms. The molecule has 2 heterocycles. The fourth-order valence-electron chi connectivity index (χ4n) is 4.12. The number of nitrogens with zero attached hydrogens (tertiary/aromatic N) is 1. The molecule has 0 aliphatic heterocycles. The van der Waals surface area contributed by atoms with Gasteiger partial charge in [0.25, 0.3) is 0 Å². The molecule has 35 heavy (non-hydrogen) atoms. The van der Waals surface area contributed by atoms with Crippen molar-refractivity contribution in [1.29, 1.82) is 0 Å². The summed E-state index contributed by atoms with van der Waals surface area (Å²) in [6.45, 7) is 0.457. The standard InChI is InChI=1S/C29H24N2O4/c1-34-29(33)24-14-8-13-23(30-24)28(32)26-22-16-15-21(35-18-19-9-4-2-5-10-19)17-25(22)31-27(26)20-11-6-3-7-12-20/h2-17,28,31-32H,18H2,1H3. The summed E-state index contributed by atoms with van der Waals surface area (Å²) in [6, 6.07) is 30.5. The number of rotatable bonds is 7. The highest BCUT2D eigenvalue weighted by Crippen LogP contribution is 2.38. The van der Waals surface area contributed by atoms with Crippen molar-refractivity contribution in [1.82, 2.24) is 9.97 Å². The van der Waals surface area contributed by atoms with Crippen molar-refractivity contribution in [2.75, 3.05) is 7.11 Å². The maximum Gasteiger partial charge on any atom is 0.356 e. The van der Waals surface area contributed by atoms with Crippen LogP contribution in [0.2, 0.25) is 0 Å². The predicted octanol–water partition coefficient (Wildman–Crippen LogP) is 5.68. The molecule has 0 radical (unpaired) electrons. The molecule has 0 fully saturated rings. The zero-order chi connectivity index (χ0) is 24.2. The van der Waals surface area contributed by atoms with E-state index in [1.807, 2.05) is 78.9 Å². The van der Waals surface area contributed by atoms with Crippen LogP contribution in [0.4, 0.5) is 0 Å². The smallest absolute Gasteiger partial charge is 0.356 e. The molecule has 2 N–H and O–H groups in total. The summed E-state index contributed by atoms with van der Waals surface area (Å²) in [6.07, 6.45) is -1.07. The van der Waals surface area contributed by atoms with Crippen LogP contribution in [0.3, 0.4) is 0 Å². The van der Waals surface area contributed by atoms with E-state index in [4.69, 9.17) is 9.47 Å². The predicted molar refractivity (Wildman–Crippen MR) is 134 cm³/mol. The van der Waals surface area contributed by atoms with Crippen molar-refractivity contribution < 1.29 is 19.4 Å². The Morgan fingerprint density at radius 1 is 0.943 bits per heavy atom. The first-order valence-electron chi connectivity index (χ1n) is 11.2. The number of benzene rings is 3. The van der Waals surface area contributed by atoms with E-state index in [0.29, 0.717) is 23.6 Å². The highest BCUT2D eigenvalue weighted by molar-refractivity contribution is 5.92. The second-order valence-electron chi connectivity index (χ2n) is 8.10. The van der Waals surface area contributed by atoms with Crippen molar-refractivity contribution >= 4 is 16.9 Å². The van der Waals surface area contributed by atoms with Gasteiger partial charge < -0.3 is 19.6 Å². The van der Waals surface area contributed by atoms with Gasteiger partial charge in [-0.2, -0.15) is 0 Å². The summed E-state index contributed by atoms with van der Waals surface area (Å²) in [5.41, 5.74) is 4.78. The quantitative estimate of drug-likeness (QED) is 0.303. The molecule has 0 aliphatic rings. The van der Waals surface area contributed by atoms with Crippen LogP contribution in [-0.4, -0.2) is 28.2 Å². The van der Waals surface area contributed by atoms with Crippen LogP contribution in [0, 0.1) is 0 Å². The molecule has 0 amide bonds. The maximum atomic E-state index is 12.0. The number of aromatic amines is 1. The van der Waals surface area contributed by atoms with Gasteiger partial charge in [0.15, 0.2) is 0 Å². The maximum absolute atomic E-state index is 12.0. The Morgan fingerprint density at radius 3 is 2.43 bits per heavy atom. The van der Waals surface area contributed by atoms with E-state index < -0.39 is 12.1 Å². The Hall–Kier alpha value is -4.42. The van der Waals surface area contributed by atoms with Gasteiger partial charge in [0.2, 0.25) is 0 Å². The summed E-state index contributed by atoms with van der Waals surface area (Å²) in [4.78, 5) is 19.8. The van der Waals surface area contributed by atoms with Crippen LogP contribution in [0.1, 0.15) is 33.4 Å². The molecular formula is C29H24N2O4. The Bertz CT molecular complexity index is 1460. The van der Waals surface area contributed by atoms with Gasteiger partial charge in [-0.25, -0.2) is 9.78 Å². The van der Waals surface area contributed by atoms with Crippen LogP contribution in [0.5, 0.6) is 5.75 Å². The number of aromatic nitrogens is 2. The first kappa shape index (κ1) is 22.4. The number of carbonyl (C=O) groups is 1. The molecule has 0 aliphatic carbocycles. The molecule has 1 atom stereocenters. The van der Waals surface area contributed by atoms with E-state index >= 15 is 0 Å². The number of H-pyrrole nitrogens is 1. The molecule has 0 saturated heterocycles. The average Bonchev–Trinajstić information content (AvgIpc) is 3.31. The minimum atomic E-state index is -1.07. The van der Waals surface area contributed by atoms with Crippen molar-refractivity contribution in [3.05, 3.63) is 120 Å². The number of hydrogen-bond acceptors (Lipinski definition) is 5. The summed E-state index contributed by atoms with van der Waals surface area (Å²) in [5, 5.41) is 12.3. The van der Waals surface area contributed by atoms with Crippen molar-refractivity contribution in [2.24, 2.45) is 0 Å². The Balaban J connectivity index is 1.56. The summed E-state index contributed by atoms with van der Waals surface area (Å²) in [5.74, 6) is 0.163. The molecule has 0 saturated carbocycles. The van der Waals surface area contributed by atoms with E-state index in [9.17, 15) is 9.90 Å². The molecular weight excluding hydrogens is 440 g/mol. The van der Waals surface area contributed by atoms with Gasteiger partial charge in [-0.05, 0) is 35.4 Å². The van der Waals surface area contributed by atoms with Crippen molar-refractivity contribution in [3.63, 3.8) is 0 Å². The largest absolute Gasteiger partial charge is 0.489 e. The van der Waals surface area contributed by atoms with Crippen molar-refractivity contribution in [3.8, 4) is 17.0 Å². The molecule has 5 aromatic rings. The third kappa shape index (κ3) is 4.65. The molecule has 6 heteroatoms. The molecule has 3 aromatic carbocycles. The van der Waals surface area contributed by atoms with Gasteiger partial charge >= 0.3 is 5.97 Å². The van der Waals surface area contributed by atoms with E-state index in [1.54, 1.807) is 18.2 Å². The average molecular weight is 465 g/mol. The van der Waals surface area contributed by atoms with Crippen LogP contribution in [0.25, 0.3) is 22.2 Å². The molecule has 6 nitrogen and oxygen atoms in total. The lowest BCUT2D eigenvalue weighted by Crippen LogP contribution is -2.09. The van der Waals surface area contributed by atoms with E-state index in [0.717, 1.165) is 27.7 Å². The van der Waals surface area contributed by atoms with Gasteiger partial charge in [0.05, 0.1) is 18.5 Å². The lowest BCUT2D eigenvalue weighted by atomic mass is 9.98. The van der Waals surface area contributed by atoms with Crippen LogP contribution in [-0.2, 0) is 11.3 Å². The SMILES string of the molecule is COC(=O)c1cccc(C(O)c2c(-c3ccccc3)[nH]c3cc(OCc4ccccc4)ccc23)n1. The highest BCUT2D eigenvalue weighted by Gasteiger charge is 2.24. The topological polar surface area (TPSA) is 84.4 Å². The molecule has 1 unspecified atom stereocenters. The summed E-state index contributed by atoms with van der Waals surface area (Å²) in [7, 11) is 1.30. The minimum absolute atomic E-state index is 0.141.